The van der Waals surface area contributed by atoms with E-state index in [1.54, 1.807) is 0 Å². The van der Waals surface area contributed by atoms with Crippen LogP contribution in [-0.4, -0.2) is 34.3 Å². The van der Waals surface area contributed by atoms with Crippen LogP contribution in [0.5, 0.6) is 0 Å². The lowest BCUT2D eigenvalue weighted by Crippen LogP contribution is -2.49. The van der Waals surface area contributed by atoms with E-state index in [-0.39, 0.29) is 0 Å². The van der Waals surface area contributed by atoms with Gasteiger partial charge in [0.25, 0.3) is 0 Å². The van der Waals surface area contributed by atoms with Gasteiger partial charge in [-0.3, -0.25) is 0 Å². The molecule has 0 amide bonds. The van der Waals surface area contributed by atoms with Gasteiger partial charge in [0.05, 0.1) is 28.4 Å². The molecule has 2 atom stereocenters. The van der Waals surface area contributed by atoms with Crippen LogP contribution >= 0.6 is 0 Å². The fourth-order valence-corrected chi connectivity index (χ4v) is 1.71. The molecule has 0 radical (unpaired) electrons. The Morgan fingerprint density at radius 2 is 1.78 bits per heavy atom. The van der Waals surface area contributed by atoms with Crippen LogP contribution in [0, 0.1) is 0 Å². The summed E-state index contributed by atoms with van der Waals surface area (Å²) in [4.78, 5) is 11.1. The van der Waals surface area contributed by atoms with Crippen LogP contribution in [-0.2, 0) is 20.5 Å². The molecule has 0 heterocycles. The van der Waals surface area contributed by atoms with Crippen molar-refractivity contribution in [1.82, 2.24) is 4.72 Å². The number of carbonyl (C=O) groups is 1. The summed E-state index contributed by atoms with van der Waals surface area (Å²) in [6.07, 6.45) is -4.79. The Balaban J connectivity index is 5.12. The second kappa shape index (κ2) is 5.83. The average Bonchev–Trinajstić information content (AvgIpc) is 2.20. The molecular formula is C10H16F3NO3S. The molecule has 0 unspecified atom stereocenters. The molecule has 106 valence electrons. The molecule has 8 heteroatoms. The van der Waals surface area contributed by atoms with Gasteiger partial charge in [0.1, 0.15) is 6.04 Å². The molecule has 0 aliphatic carbocycles. The van der Waals surface area contributed by atoms with Crippen molar-refractivity contribution in [2.75, 3.05) is 7.11 Å². The predicted molar refractivity (Wildman–Crippen MR) is 62.0 cm³/mol. The Hall–Kier alpha value is -0.890. The first-order valence-electron chi connectivity index (χ1n) is 4.93. The van der Waals surface area contributed by atoms with Gasteiger partial charge >= 0.3 is 12.1 Å². The Bertz CT molecular complexity index is 360. The molecule has 0 fully saturated rings. The number of halogens is 3. The Labute approximate surface area is 106 Å². The highest BCUT2D eigenvalue weighted by molar-refractivity contribution is 7.84. The lowest BCUT2D eigenvalue weighted by Gasteiger charge is -2.26. The predicted octanol–water partition coefficient (Wildman–Crippen LogP) is 1.70. The number of hydrogen-bond acceptors (Lipinski definition) is 3. The third kappa shape index (κ3) is 4.77. The van der Waals surface area contributed by atoms with E-state index < -0.39 is 39.5 Å². The molecule has 0 aromatic carbocycles. The van der Waals surface area contributed by atoms with Gasteiger partial charge < -0.3 is 4.74 Å². The fraction of sp³-hybridized carbons (Fsp3) is 0.700. The normalized spacial score (nSPS) is 15.9. The van der Waals surface area contributed by atoms with Gasteiger partial charge in [0, 0.05) is 0 Å². The molecule has 0 spiro atoms. The number of hydrogen-bond donors (Lipinski definition) is 1. The molecule has 4 nitrogen and oxygen atoms in total. The van der Waals surface area contributed by atoms with Crippen molar-refractivity contribution >= 4 is 17.0 Å². The summed E-state index contributed by atoms with van der Waals surface area (Å²) in [5, 5.41) is 0. The highest BCUT2D eigenvalue weighted by atomic mass is 32.2. The molecule has 0 bridgehead atoms. The van der Waals surface area contributed by atoms with Crippen LogP contribution in [0.1, 0.15) is 20.8 Å². The van der Waals surface area contributed by atoms with Crippen LogP contribution in [0.2, 0.25) is 0 Å². The zero-order chi connectivity index (χ0) is 14.7. The first-order chi connectivity index (χ1) is 7.91. The molecular weight excluding hydrogens is 271 g/mol. The molecule has 0 aliphatic heterocycles. The second-order valence-corrected chi connectivity index (χ2v) is 6.49. The highest BCUT2D eigenvalue weighted by Gasteiger charge is 2.45. The van der Waals surface area contributed by atoms with Gasteiger partial charge in [0.2, 0.25) is 0 Å². The maximum absolute atomic E-state index is 12.8. The Morgan fingerprint density at radius 3 is 2.06 bits per heavy atom. The van der Waals surface area contributed by atoms with E-state index in [9.17, 15) is 22.2 Å². The smallest absolute Gasteiger partial charge is 0.409 e. The zero-order valence-electron chi connectivity index (χ0n) is 10.6. The zero-order valence-corrected chi connectivity index (χ0v) is 11.4. The number of ether oxygens (including phenoxy) is 1. The maximum atomic E-state index is 12.8. The third-order valence-corrected chi connectivity index (χ3v) is 3.47. The lowest BCUT2D eigenvalue weighted by molar-refractivity contribution is -0.153. The quantitative estimate of drug-likeness (QED) is 0.632. The monoisotopic (exact) mass is 287 g/mol. The van der Waals surface area contributed by atoms with Crippen molar-refractivity contribution in [1.29, 1.82) is 0 Å². The Morgan fingerprint density at radius 1 is 1.33 bits per heavy atom. The van der Waals surface area contributed by atoms with Gasteiger partial charge in [-0.1, -0.05) is 6.58 Å². The van der Waals surface area contributed by atoms with Gasteiger partial charge in [0.15, 0.2) is 0 Å². The average molecular weight is 287 g/mol. The van der Waals surface area contributed by atoms with E-state index >= 15 is 0 Å². The van der Waals surface area contributed by atoms with Gasteiger partial charge in [-0.25, -0.2) is 13.7 Å². The topological polar surface area (TPSA) is 55.4 Å². The van der Waals surface area contributed by atoms with Crippen molar-refractivity contribution in [2.24, 2.45) is 0 Å². The van der Waals surface area contributed by atoms with Crippen LogP contribution in [0.25, 0.3) is 0 Å². The minimum atomic E-state index is -4.79. The van der Waals surface area contributed by atoms with E-state index in [1.807, 2.05) is 4.72 Å². The number of carbonyl (C=O) groups excluding carboxylic acids is 1. The van der Waals surface area contributed by atoms with Gasteiger partial charge in [-0.05, 0) is 20.8 Å². The van der Waals surface area contributed by atoms with Crippen LogP contribution in [0.4, 0.5) is 13.2 Å². The summed E-state index contributed by atoms with van der Waals surface area (Å²) >= 11 is 0. The molecule has 0 saturated heterocycles. The molecule has 1 N–H and O–H groups in total. The van der Waals surface area contributed by atoms with Gasteiger partial charge in [-0.2, -0.15) is 13.2 Å². The fourth-order valence-electron chi connectivity index (χ4n) is 0.868. The van der Waals surface area contributed by atoms with Crippen molar-refractivity contribution in [2.45, 2.75) is 37.7 Å². The maximum Gasteiger partial charge on any atom is 0.409 e. The van der Waals surface area contributed by atoms with Crippen LogP contribution in [0.3, 0.4) is 0 Å². The lowest BCUT2D eigenvalue weighted by atomic mass is 10.1. The number of nitrogens with one attached hydrogen (secondary N) is 1. The summed E-state index contributed by atoms with van der Waals surface area (Å²) in [5.74, 6) is -1.20. The van der Waals surface area contributed by atoms with Crippen molar-refractivity contribution in [3.05, 3.63) is 12.2 Å². The van der Waals surface area contributed by atoms with E-state index in [1.165, 1.54) is 20.8 Å². The molecule has 0 saturated carbocycles. The summed E-state index contributed by atoms with van der Waals surface area (Å²) in [5.41, 5.74) is -0.831. The first kappa shape index (κ1) is 17.1. The standard InChI is InChI=1S/C10H16F3NO3S/c1-6(8(15)17-5)7(10(11,12)13)14-18(16)9(2,3)4/h7,14H,1H2,2-5H3/t7-,18-/m0/s1. The van der Waals surface area contributed by atoms with Crippen molar-refractivity contribution < 1.29 is 26.9 Å². The Kier molecular flexibility index (Phi) is 5.55. The summed E-state index contributed by atoms with van der Waals surface area (Å²) in [7, 11) is -1.05. The van der Waals surface area contributed by atoms with Crippen LogP contribution < -0.4 is 4.72 Å². The minimum absolute atomic E-state index is 0.831. The van der Waals surface area contributed by atoms with E-state index in [0.717, 1.165) is 7.11 Å². The minimum Gasteiger partial charge on any atom is -0.466 e. The summed E-state index contributed by atoms with van der Waals surface area (Å²) < 4.78 is 55.0. The van der Waals surface area contributed by atoms with Gasteiger partial charge in [-0.15, -0.1) is 0 Å². The van der Waals surface area contributed by atoms with E-state index in [2.05, 4.69) is 11.3 Å². The number of alkyl halides is 3. The molecule has 18 heavy (non-hydrogen) atoms. The van der Waals surface area contributed by atoms with Crippen LogP contribution in [0.15, 0.2) is 12.2 Å². The summed E-state index contributed by atoms with van der Waals surface area (Å²) in [6.45, 7) is 7.55. The van der Waals surface area contributed by atoms with Crippen molar-refractivity contribution in [3.8, 4) is 0 Å². The van der Waals surface area contributed by atoms with E-state index in [4.69, 9.17) is 0 Å². The summed E-state index contributed by atoms with van der Waals surface area (Å²) in [6, 6.07) is -2.40. The number of esters is 1. The third-order valence-electron chi connectivity index (χ3n) is 1.90. The molecule has 0 rings (SSSR count). The van der Waals surface area contributed by atoms with Crippen molar-refractivity contribution in [3.63, 3.8) is 0 Å². The first-order valence-corrected chi connectivity index (χ1v) is 6.08. The molecule has 0 aromatic heterocycles. The number of methoxy groups -OCH3 is 1. The number of rotatable bonds is 4. The largest absolute Gasteiger partial charge is 0.466 e. The van der Waals surface area contributed by atoms with E-state index in [0.29, 0.717) is 0 Å². The second-order valence-electron chi connectivity index (χ2n) is 4.49. The molecule has 0 aromatic rings. The SMILES string of the molecule is C=C(C(=O)OC)[C@H](N[S@@](=O)C(C)(C)C)C(F)(F)F. The molecule has 0 aliphatic rings. The highest BCUT2D eigenvalue weighted by Crippen LogP contribution is 2.26.